The number of methoxy groups -OCH3 is 1. The van der Waals surface area contributed by atoms with E-state index in [2.05, 4.69) is 5.32 Å². The molecule has 1 aliphatic rings. The number of carbonyl (C=O) groups excluding carboxylic acids is 2. The second kappa shape index (κ2) is 9.20. The van der Waals surface area contributed by atoms with Gasteiger partial charge in [0.2, 0.25) is 0 Å². The van der Waals surface area contributed by atoms with E-state index in [4.69, 9.17) is 9.47 Å². The van der Waals surface area contributed by atoms with Crippen LogP contribution in [0.5, 0.6) is 11.5 Å². The molecule has 0 saturated heterocycles. The van der Waals surface area contributed by atoms with Gasteiger partial charge in [0, 0.05) is 11.3 Å². The van der Waals surface area contributed by atoms with Gasteiger partial charge in [-0.05, 0) is 56.2 Å². The van der Waals surface area contributed by atoms with Gasteiger partial charge in [0.15, 0.2) is 0 Å². The van der Waals surface area contributed by atoms with Gasteiger partial charge >= 0.3 is 0 Å². The number of nitrogens with zero attached hydrogens (tertiary/aromatic N) is 1. The fourth-order valence-electron chi connectivity index (χ4n) is 3.89. The lowest BCUT2D eigenvalue weighted by atomic mass is 10.0. The molecule has 3 aromatic rings. The molecule has 1 N–H and O–H groups in total. The summed E-state index contributed by atoms with van der Waals surface area (Å²) in [5, 5.41) is 3.25. The lowest BCUT2D eigenvalue weighted by molar-refractivity contribution is -0.120. The number of hydrogen-bond acceptors (Lipinski definition) is 5. The van der Waals surface area contributed by atoms with Crippen molar-refractivity contribution in [3.05, 3.63) is 89.1 Å². The van der Waals surface area contributed by atoms with Crippen molar-refractivity contribution in [3.8, 4) is 11.5 Å². The summed E-state index contributed by atoms with van der Waals surface area (Å²) in [6.07, 6.45) is 0. The van der Waals surface area contributed by atoms with E-state index in [1.54, 1.807) is 37.4 Å². The average Bonchev–Trinajstić information content (AvgIpc) is 3.06. The van der Waals surface area contributed by atoms with E-state index >= 15 is 0 Å². The maximum atomic E-state index is 13.8. The number of amides is 2. The van der Waals surface area contributed by atoms with Gasteiger partial charge in [0.1, 0.15) is 17.2 Å². The molecule has 2 amide bonds. The number of rotatable bonds is 7. The molecule has 0 bridgehead atoms. The minimum Gasteiger partial charge on any atom is -0.496 e. The van der Waals surface area contributed by atoms with E-state index in [-0.39, 0.29) is 11.3 Å². The van der Waals surface area contributed by atoms with Crippen LogP contribution < -0.4 is 19.7 Å². The summed E-state index contributed by atoms with van der Waals surface area (Å²) in [4.78, 5) is 28.7. The molecular formula is C27H26N2O4. The Morgan fingerprint density at radius 2 is 1.58 bits per heavy atom. The standard InChI is InChI=1S/C27H26N2O4/c1-5-33-23-13-9-7-11-21(23)29-26(30)24(19-10-6-8-12-22(19)32-4)25(27(29)31)28-20-16-17(2)14-15-18(20)3/h6-16,28H,5H2,1-4H3. The van der Waals surface area contributed by atoms with Crippen LogP contribution in [0, 0.1) is 13.8 Å². The first-order valence-corrected chi connectivity index (χ1v) is 10.8. The average molecular weight is 443 g/mol. The summed E-state index contributed by atoms with van der Waals surface area (Å²) in [6.45, 7) is 6.20. The minimum atomic E-state index is -0.450. The highest BCUT2D eigenvalue weighted by atomic mass is 16.5. The highest BCUT2D eigenvalue weighted by Crippen LogP contribution is 2.40. The number of carbonyl (C=O) groups is 2. The van der Waals surface area contributed by atoms with Crippen molar-refractivity contribution < 1.29 is 19.1 Å². The summed E-state index contributed by atoms with van der Waals surface area (Å²) in [5.41, 5.74) is 4.16. The van der Waals surface area contributed by atoms with Gasteiger partial charge in [0.05, 0.1) is 25.0 Å². The van der Waals surface area contributed by atoms with Gasteiger partial charge < -0.3 is 14.8 Å². The third kappa shape index (κ3) is 4.07. The van der Waals surface area contributed by atoms with Crippen molar-refractivity contribution in [1.82, 2.24) is 0 Å². The Balaban J connectivity index is 1.90. The van der Waals surface area contributed by atoms with Crippen molar-refractivity contribution in [2.75, 3.05) is 23.9 Å². The molecule has 0 fully saturated rings. The van der Waals surface area contributed by atoms with Crippen molar-refractivity contribution in [1.29, 1.82) is 0 Å². The zero-order chi connectivity index (χ0) is 23.5. The third-order valence-electron chi connectivity index (χ3n) is 5.52. The van der Waals surface area contributed by atoms with Crippen LogP contribution in [-0.2, 0) is 9.59 Å². The predicted molar refractivity (Wildman–Crippen MR) is 130 cm³/mol. The molecule has 1 heterocycles. The molecule has 0 radical (unpaired) electrons. The summed E-state index contributed by atoms with van der Waals surface area (Å²) in [5.74, 6) is 0.0846. The summed E-state index contributed by atoms with van der Waals surface area (Å²) in [6, 6.07) is 20.2. The Hall–Kier alpha value is -4.06. The normalized spacial score (nSPS) is 13.5. The van der Waals surface area contributed by atoms with Crippen LogP contribution in [0.4, 0.5) is 11.4 Å². The van der Waals surface area contributed by atoms with Crippen molar-refractivity contribution in [3.63, 3.8) is 0 Å². The van der Waals surface area contributed by atoms with Crippen LogP contribution in [0.15, 0.2) is 72.4 Å². The lowest BCUT2D eigenvalue weighted by Gasteiger charge is -2.19. The molecule has 0 spiro atoms. The number of anilines is 2. The molecule has 1 aliphatic heterocycles. The largest absolute Gasteiger partial charge is 0.496 e. The number of ether oxygens (including phenoxy) is 2. The van der Waals surface area contributed by atoms with Crippen LogP contribution in [0.2, 0.25) is 0 Å². The number of benzene rings is 3. The zero-order valence-electron chi connectivity index (χ0n) is 19.1. The van der Waals surface area contributed by atoms with Gasteiger partial charge in [0.25, 0.3) is 11.8 Å². The first kappa shape index (κ1) is 22.1. The van der Waals surface area contributed by atoms with E-state index in [1.807, 2.05) is 57.2 Å². The molecular weight excluding hydrogens is 416 g/mol. The summed E-state index contributed by atoms with van der Waals surface area (Å²) >= 11 is 0. The molecule has 6 heteroatoms. The Morgan fingerprint density at radius 3 is 2.30 bits per heavy atom. The Kier molecular flexibility index (Phi) is 6.18. The van der Waals surface area contributed by atoms with E-state index < -0.39 is 11.8 Å². The first-order chi connectivity index (χ1) is 16.0. The number of hydrogen-bond donors (Lipinski definition) is 1. The summed E-state index contributed by atoms with van der Waals surface area (Å²) < 4.78 is 11.2. The van der Waals surface area contributed by atoms with Crippen LogP contribution in [-0.4, -0.2) is 25.5 Å². The van der Waals surface area contributed by atoms with Gasteiger partial charge in [-0.2, -0.15) is 0 Å². The Morgan fingerprint density at radius 1 is 0.879 bits per heavy atom. The maximum Gasteiger partial charge on any atom is 0.282 e. The van der Waals surface area contributed by atoms with Crippen LogP contribution in [0.3, 0.4) is 0 Å². The van der Waals surface area contributed by atoms with Gasteiger partial charge in [-0.15, -0.1) is 0 Å². The highest BCUT2D eigenvalue weighted by Gasteiger charge is 2.42. The molecule has 0 aromatic heterocycles. The number of aryl methyl sites for hydroxylation is 2. The molecule has 0 saturated carbocycles. The molecule has 0 aliphatic carbocycles. The lowest BCUT2D eigenvalue weighted by Crippen LogP contribution is -2.32. The molecule has 33 heavy (non-hydrogen) atoms. The quantitative estimate of drug-likeness (QED) is 0.515. The van der Waals surface area contributed by atoms with E-state index in [0.717, 1.165) is 16.8 Å². The van der Waals surface area contributed by atoms with E-state index in [1.165, 1.54) is 4.90 Å². The smallest absolute Gasteiger partial charge is 0.282 e. The second-order valence-corrected chi connectivity index (χ2v) is 7.74. The fraction of sp³-hybridized carbons (Fsp3) is 0.185. The second-order valence-electron chi connectivity index (χ2n) is 7.74. The zero-order valence-corrected chi connectivity index (χ0v) is 19.1. The number of imide groups is 1. The van der Waals surface area contributed by atoms with Gasteiger partial charge in [-0.1, -0.05) is 42.5 Å². The van der Waals surface area contributed by atoms with Gasteiger partial charge in [-0.25, -0.2) is 4.90 Å². The fourth-order valence-corrected chi connectivity index (χ4v) is 3.89. The molecule has 0 atom stereocenters. The molecule has 3 aromatic carbocycles. The van der Waals surface area contributed by atoms with E-state index in [0.29, 0.717) is 29.4 Å². The maximum absolute atomic E-state index is 13.8. The Bertz CT molecular complexity index is 1260. The highest BCUT2D eigenvalue weighted by molar-refractivity contribution is 6.46. The molecule has 4 rings (SSSR count). The topological polar surface area (TPSA) is 67.9 Å². The predicted octanol–water partition coefficient (Wildman–Crippen LogP) is 5.11. The first-order valence-electron chi connectivity index (χ1n) is 10.8. The number of nitrogens with one attached hydrogen (secondary N) is 1. The van der Waals surface area contributed by atoms with Gasteiger partial charge in [-0.3, -0.25) is 9.59 Å². The molecule has 168 valence electrons. The van der Waals surface area contributed by atoms with Crippen LogP contribution >= 0.6 is 0 Å². The van der Waals surface area contributed by atoms with Crippen LogP contribution in [0.25, 0.3) is 5.57 Å². The molecule has 6 nitrogen and oxygen atoms in total. The monoisotopic (exact) mass is 442 g/mol. The third-order valence-corrected chi connectivity index (χ3v) is 5.52. The SMILES string of the molecule is CCOc1ccccc1N1C(=O)C(Nc2cc(C)ccc2C)=C(c2ccccc2OC)C1=O. The van der Waals surface area contributed by atoms with Crippen molar-refractivity contribution >= 4 is 28.8 Å². The minimum absolute atomic E-state index is 0.199. The van der Waals surface area contributed by atoms with E-state index in [9.17, 15) is 9.59 Å². The van der Waals surface area contributed by atoms with Crippen LogP contribution in [0.1, 0.15) is 23.6 Å². The summed E-state index contributed by atoms with van der Waals surface area (Å²) in [7, 11) is 1.54. The Labute approximate surface area is 193 Å². The van der Waals surface area contributed by atoms with Crippen molar-refractivity contribution in [2.24, 2.45) is 0 Å². The van der Waals surface area contributed by atoms with Crippen molar-refractivity contribution in [2.45, 2.75) is 20.8 Å². The molecule has 0 unspecified atom stereocenters. The number of para-hydroxylation sites is 3.